The zero-order valence-electron chi connectivity index (χ0n) is 13.0. The number of anilines is 2. The first-order valence-corrected chi connectivity index (χ1v) is 6.89. The minimum atomic E-state index is -0.295. The number of carbonyl (C=O) groups excluding carboxylic acids is 2. The Morgan fingerprint density at radius 3 is 1.91 bits per heavy atom. The van der Waals surface area contributed by atoms with Crippen molar-refractivity contribution in [2.45, 2.75) is 20.8 Å². The first kappa shape index (κ1) is 15.6. The highest BCUT2D eigenvalue weighted by Crippen LogP contribution is 2.22. The van der Waals surface area contributed by atoms with Gasteiger partial charge in [0.05, 0.1) is 5.56 Å². The molecule has 6 nitrogen and oxygen atoms in total. The van der Waals surface area contributed by atoms with Crippen LogP contribution in [-0.2, 0) is 0 Å². The maximum absolute atomic E-state index is 12.3. The van der Waals surface area contributed by atoms with Crippen LogP contribution in [0.1, 0.15) is 27.4 Å². The second-order valence-corrected chi connectivity index (χ2v) is 4.95. The summed E-state index contributed by atoms with van der Waals surface area (Å²) in [5.74, 6) is 1.14. The van der Waals surface area contributed by atoms with E-state index >= 15 is 0 Å². The molecule has 0 saturated heterocycles. The fraction of sp³-hybridized carbons (Fsp3) is 0.250. The Morgan fingerprint density at radius 1 is 0.909 bits per heavy atom. The van der Waals surface area contributed by atoms with Crippen LogP contribution < -0.4 is 16.0 Å². The van der Waals surface area contributed by atoms with Crippen LogP contribution in [0.2, 0.25) is 0 Å². The number of rotatable bonds is 3. The number of furan rings is 1. The highest BCUT2D eigenvalue weighted by molar-refractivity contribution is 6.06. The maximum atomic E-state index is 12.3. The van der Waals surface area contributed by atoms with E-state index in [2.05, 4.69) is 16.0 Å². The number of urea groups is 1. The van der Waals surface area contributed by atoms with Crippen LogP contribution in [0.4, 0.5) is 16.2 Å². The minimum Gasteiger partial charge on any atom is -0.466 e. The van der Waals surface area contributed by atoms with E-state index in [-0.39, 0.29) is 11.9 Å². The van der Waals surface area contributed by atoms with Gasteiger partial charge in [-0.3, -0.25) is 4.79 Å². The molecular weight excluding hydrogens is 282 g/mol. The number of aryl methyl sites for hydroxylation is 2. The second kappa shape index (κ2) is 6.34. The molecule has 116 valence electrons. The molecule has 0 spiro atoms. The van der Waals surface area contributed by atoms with Gasteiger partial charge in [0.15, 0.2) is 0 Å². The van der Waals surface area contributed by atoms with Crippen molar-refractivity contribution in [2.24, 2.45) is 0 Å². The SMILES string of the molecule is CNC(=O)Nc1ccc(NC(=O)c2c(C)oc(C)c2C)cc1. The van der Waals surface area contributed by atoms with Gasteiger partial charge in [0.2, 0.25) is 0 Å². The van der Waals surface area contributed by atoms with E-state index in [1.54, 1.807) is 38.2 Å². The van der Waals surface area contributed by atoms with Gasteiger partial charge in [-0.2, -0.15) is 0 Å². The van der Waals surface area contributed by atoms with Gasteiger partial charge in [-0.15, -0.1) is 0 Å². The Morgan fingerprint density at radius 2 is 1.45 bits per heavy atom. The summed E-state index contributed by atoms with van der Waals surface area (Å²) in [5, 5.41) is 7.93. The predicted octanol–water partition coefficient (Wildman–Crippen LogP) is 3.21. The lowest BCUT2D eigenvalue weighted by Gasteiger charge is -2.08. The Kier molecular flexibility index (Phi) is 4.50. The molecule has 0 radical (unpaired) electrons. The fourth-order valence-electron chi connectivity index (χ4n) is 2.15. The number of amides is 3. The molecule has 3 amide bonds. The van der Waals surface area contributed by atoms with Crippen LogP contribution in [0, 0.1) is 20.8 Å². The standard InChI is InChI=1S/C16H19N3O3/c1-9-10(2)22-11(3)14(9)15(20)18-12-5-7-13(8-6-12)19-16(21)17-4/h5-8H,1-4H3,(H,18,20)(H2,17,19,21). The van der Waals surface area contributed by atoms with Crippen molar-refractivity contribution in [3.05, 3.63) is 46.9 Å². The molecule has 0 aliphatic heterocycles. The van der Waals surface area contributed by atoms with E-state index < -0.39 is 0 Å². The number of benzene rings is 1. The molecule has 0 atom stereocenters. The van der Waals surface area contributed by atoms with Gasteiger partial charge in [0.1, 0.15) is 11.5 Å². The van der Waals surface area contributed by atoms with Gasteiger partial charge in [0.25, 0.3) is 5.91 Å². The van der Waals surface area contributed by atoms with E-state index in [1.807, 2.05) is 13.8 Å². The second-order valence-electron chi connectivity index (χ2n) is 4.95. The molecule has 0 aliphatic carbocycles. The molecule has 0 bridgehead atoms. The third kappa shape index (κ3) is 3.28. The van der Waals surface area contributed by atoms with Gasteiger partial charge >= 0.3 is 6.03 Å². The first-order valence-electron chi connectivity index (χ1n) is 6.89. The Balaban J connectivity index is 2.10. The number of nitrogens with one attached hydrogen (secondary N) is 3. The highest BCUT2D eigenvalue weighted by atomic mass is 16.3. The Labute approximate surface area is 128 Å². The van der Waals surface area contributed by atoms with E-state index in [0.29, 0.717) is 22.7 Å². The molecule has 0 saturated carbocycles. The van der Waals surface area contributed by atoms with Crippen LogP contribution >= 0.6 is 0 Å². The van der Waals surface area contributed by atoms with Crippen LogP contribution in [0.25, 0.3) is 0 Å². The zero-order chi connectivity index (χ0) is 16.3. The Hall–Kier alpha value is -2.76. The molecule has 3 N–H and O–H groups in total. The van der Waals surface area contributed by atoms with Crippen molar-refractivity contribution in [2.75, 3.05) is 17.7 Å². The molecule has 1 heterocycles. The van der Waals surface area contributed by atoms with Gasteiger partial charge in [-0.05, 0) is 45.0 Å². The molecule has 1 aromatic carbocycles. The quantitative estimate of drug-likeness (QED) is 0.814. The molecule has 0 aliphatic rings. The average Bonchev–Trinajstić information content (AvgIpc) is 2.74. The lowest BCUT2D eigenvalue weighted by atomic mass is 10.1. The zero-order valence-corrected chi connectivity index (χ0v) is 13.0. The van der Waals surface area contributed by atoms with Crippen molar-refractivity contribution in [3.63, 3.8) is 0 Å². The Bertz CT molecular complexity index is 702. The first-order chi connectivity index (χ1) is 10.4. The van der Waals surface area contributed by atoms with Crippen LogP contribution in [0.3, 0.4) is 0 Å². The van der Waals surface area contributed by atoms with Crippen LogP contribution in [0.15, 0.2) is 28.7 Å². The smallest absolute Gasteiger partial charge is 0.318 e. The lowest BCUT2D eigenvalue weighted by molar-refractivity contribution is 0.102. The van der Waals surface area contributed by atoms with Crippen molar-refractivity contribution in [1.29, 1.82) is 0 Å². The molecule has 2 aromatic rings. The fourth-order valence-corrected chi connectivity index (χ4v) is 2.15. The summed E-state index contributed by atoms with van der Waals surface area (Å²) in [5.41, 5.74) is 2.69. The summed E-state index contributed by atoms with van der Waals surface area (Å²) in [6.07, 6.45) is 0. The number of carbonyl (C=O) groups is 2. The third-order valence-corrected chi connectivity index (χ3v) is 3.42. The number of hydrogen-bond donors (Lipinski definition) is 3. The third-order valence-electron chi connectivity index (χ3n) is 3.42. The monoisotopic (exact) mass is 301 g/mol. The van der Waals surface area contributed by atoms with E-state index in [1.165, 1.54) is 0 Å². The molecule has 22 heavy (non-hydrogen) atoms. The molecule has 1 aromatic heterocycles. The van der Waals surface area contributed by atoms with Gasteiger partial charge in [0, 0.05) is 24.0 Å². The van der Waals surface area contributed by atoms with Gasteiger partial charge in [-0.25, -0.2) is 4.79 Å². The topological polar surface area (TPSA) is 83.4 Å². The van der Waals surface area contributed by atoms with Crippen molar-refractivity contribution >= 4 is 23.3 Å². The van der Waals surface area contributed by atoms with E-state index in [0.717, 1.165) is 11.3 Å². The van der Waals surface area contributed by atoms with E-state index in [4.69, 9.17) is 4.42 Å². The summed E-state index contributed by atoms with van der Waals surface area (Å²) in [4.78, 5) is 23.5. The highest BCUT2D eigenvalue weighted by Gasteiger charge is 2.18. The average molecular weight is 301 g/mol. The van der Waals surface area contributed by atoms with Crippen molar-refractivity contribution in [3.8, 4) is 0 Å². The number of hydrogen-bond acceptors (Lipinski definition) is 3. The molecule has 2 rings (SSSR count). The van der Waals surface area contributed by atoms with Crippen LogP contribution in [0.5, 0.6) is 0 Å². The normalized spacial score (nSPS) is 10.2. The van der Waals surface area contributed by atoms with Crippen molar-refractivity contribution < 1.29 is 14.0 Å². The molecular formula is C16H19N3O3. The minimum absolute atomic E-state index is 0.209. The molecule has 0 fully saturated rings. The van der Waals surface area contributed by atoms with Gasteiger partial charge in [-0.1, -0.05) is 0 Å². The van der Waals surface area contributed by atoms with Gasteiger partial charge < -0.3 is 20.4 Å². The summed E-state index contributed by atoms with van der Waals surface area (Å²) in [6.45, 7) is 5.46. The molecule has 0 unspecified atom stereocenters. The largest absolute Gasteiger partial charge is 0.466 e. The summed E-state index contributed by atoms with van der Waals surface area (Å²) in [7, 11) is 1.54. The predicted molar refractivity (Wildman–Crippen MR) is 85.4 cm³/mol. The van der Waals surface area contributed by atoms with Crippen LogP contribution in [-0.4, -0.2) is 19.0 Å². The van der Waals surface area contributed by atoms with E-state index in [9.17, 15) is 9.59 Å². The summed E-state index contributed by atoms with van der Waals surface area (Å²) in [6, 6.07) is 6.58. The maximum Gasteiger partial charge on any atom is 0.318 e. The molecule has 6 heteroatoms. The summed E-state index contributed by atoms with van der Waals surface area (Å²) < 4.78 is 5.46. The lowest BCUT2D eigenvalue weighted by Crippen LogP contribution is -2.24. The van der Waals surface area contributed by atoms with Crippen molar-refractivity contribution in [1.82, 2.24) is 5.32 Å². The summed E-state index contributed by atoms with van der Waals surface area (Å²) >= 11 is 0.